The summed E-state index contributed by atoms with van der Waals surface area (Å²) in [6.45, 7) is 7.76. The minimum absolute atomic E-state index is 1.06. The Bertz CT molecular complexity index is 995. The lowest BCUT2D eigenvalue weighted by Crippen LogP contribution is -2.22. The molecule has 0 aromatic heterocycles. The predicted molar refractivity (Wildman–Crippen MR) is 110 cm³/mol. The fourth-order valence-electron chi connectivity index (χ4n) is 4.79. The highest BCUT2D eigenvalue weighted by Crippen LogP contribution is 2.47. The molecule has 0 bridgehead atoms. The third-order valence-electron chi connectivity index (χ3n) is 6.19. The van der Waals surface area contributed by atoms with Gasteiger partial charge in [0.25, 0.3) is 0 Å². The third kappa shape index (κ3) is 2.34. The van der Waals surface area contributed by atoms with Gasteiger partial charge < -0.3 is 0 Å². The number of fused-ring (bicyclic) bond motifs is 7. The maximum Gasteiger partial charge on any atom is 0.0233 e. The van der Waals surface area contributed by atoms with Crippen LogP contribution in [0.25, 0.3) is 22.3 Å². The van der Waals surface area contributed by atoms with Gasteiger partial charge >= 0.3 is 0 Å². The summed E-state index contributed by atoms with van der Waals surface area (Å²) in [5.41, 5.74) is 13.3. The first-order valence-electron chi connectivity index (χ1n) is 9.86. The van der Waals surface area contributed by atoms with E-state index in [0.29, 0.717) is 0 Å². The van der Waals surface area contributed by atoms with Crippen molar-refractivity contribution in [3.8, 4) is 22.3 Å². The first-order valence-corrected chi connectivity index (χ1v) is 9.86. The summed E-state index contributed by atoms with van der Waals surface area (Å²) < 4.78 is 0. The van der Waals surface area contributed by atoms with Crippen LogP contribution in [-0.4, -0.2) is 18.0 Å². The maximum absolute atomic E-state index is 2.48. The Morgan fingerprint density at radius 2 is 1.54 bits per heavy atom. The molecule has 130 valence electrons. The van der Waals surface area contributed by atoms with E-state index in [9.17, 15) is 0 Å². The molecular weight excluding hydrogens is 314 g/mol. The molecule has 0 N–H and O–H groups in total. The summed E-state index contributed by atoms with van der Waals surface area (Å²) in [6.07, 6.45) is 2.16. The number of nitrogens with zero attached hydrogens (tertiary/aromatic N) is 1. The second kappa shape index (κ2) is 6.10. The molecular formula is C25H25N. The van der Waals surface area contributed by atoms with Crippen LogP contribution in [-0.2, 0) is 19.4 Å². The van der Waals surface area contributed by atoms with Gasteiger partial charge in [-0.15, -0.1) is 0 Å². The van der Waals surface area contributed by atoms with Crippen molar-refractivity contribution in [3.05, 3.63) is 82.4 Å². The molecule has 0 saturated carbocycles. The highest BCUT2D eigenvalue weighted by molar-refractivity contribution is 5.89. The Kier molecular flexibility index (Phi) is 3.72. The van der Waals surface area contributed by atoms with Gasteiger partial charge in [-0.05, 0) is 76.0 Å². The molecule has 0 unspecified atom stereocenters. The molecule has 0 atom stereocenters. The smallest absolute Gasteiger partial charge is 0.0233 e. The van der Waals surface area contributed by atoms with Crippen LogP contribution in [0.5, 0.6) is 0 Å². The standard InChI is InChI=1S/C25H25N/c1-3-26(4-2)16-17-9-11-22-20(13-17)14-19-10-12-23-21-8-6-5-7-18(21)15-24(23)25(19)22/h5-13H,3-4,14-16H2,1-2H3. The van der Waals surface area contributed by atoms with Gasteiger partial charge in [-0.25, -0.2) is 0 Å². The zero-order valence-electron chi connectivity index (χ0n) is 15.7. The average Bonchev–Trinajstić information content (AvgIpc) is 3.23. The Morgan fingerprint density at radius 1 is 0.731 bits per heavy atom. The number of rotatable bonds is 4. The molecule has 1 heteroatoms. The second-order valence-corrected chi connectivity index (χ2v) is 7.59. The van der Waals surface area contributed by atoms with Crippen molar-refractivity contribution in [2.75, 3.05) is 13.1 Å². The van der Waals surface area contributed by atoms with Gasteiger partial charge in [-0.2, -0.15) is 0 Å². The van der Waals surface area contributed by atoms with Crippen LogP contribution < -0.4 is 0 Å². The quantitative estimate of drug-likeness (QED) is 0.408. The van der Waals surface area contributed by atoms with Crippen LogP contribution in [0.3, 0.4) is 0 Å². The van der Waals surface area contributed by atoms with Crippen LogP contribution in [0.4, 0.5) is 0 Å². The maximum atomic E-state index is 2.48. The molecule has 0 amide bonds. The first-order chi connectivity index (χ1) is 12.8. The molecule has 1 nitrogen and oxygen atoms in total. The van der Waals surface area contributed by atoms with E-state index in [-0.39, 0.29) is 0 Å². The fraction of sp³-hybridized carbons (Fsp3) is 0.280. The fourth-order valence-corrected chi connectivity index (χ4v) is 4.79. The highest BCUT2D eigenvalue weighted by atomic mass is 15.1. The zero-order chi connectivity index (χ0) is 17.7. The number of hydrogen-bond donors (Lipinski definition) is 0. The van der Waals surface area contributed by atoms with Crippen molar-refractivity contribution in [2.45, 2.75) is 33.2 Å². The summed E-state index contributed by atoms with van der Waals surface area (Å²) in [5.74, 6) is 0. The van der Waals surface area contributed by atoms with Crippen LogP contribution >= 0.6 is 0 Å². The van der Waals surface area contributed by atoms with E-state index < -0.39 is 0 Å². The monoisotopic (exact) mass is 339 g/mol. The lowest BCUT2D eigenvalue weighted by atomic mass is 9.95. The summed E-state index contributed by atoms with van der Waals surface area (Å²) >= 11 is 0. The van der Waals surface area contributed by atoms with E-state index in [1.165, 1.54) is 44.5 Å². The van der Waals surface area contributed by atoms with Crippen LogP contribution in [0, 0.1) is 0 Å². The Morgan fingerprint density at radius 3 is 2.38 bits per heavy atom. The van der Waals surface area contributed by atoms with E-state index >= 15 is 0 Å². The normalized spacial score (nSPS) is 13.5. The molecule has 0 saturated heterocycles. The molecule has 2 aliphatic carbocycles. The van der Waals surface area contributed by atoms with Gasteiger partial charge in [0, 0.05) is 6.54 Å². The number of benzene rings is 3. The van der Waals surface area contributed by atoms with E-state index in [0.717, 1.165) is 32.5 Å². The van der Waals surface area contributed by atoms with Crippen molar-refractivity contribution in [2.24, 2.45) is 0 Å². The molecule has 0 fully saturated rings. The molecule has 2 aliphatic rings. The van der Waals surface area contributed by atoms with Gasteiger partial charge in [-0.1, -0.05) is 68.4 Å². The van der Waals surface area contributed by atoms with Crippen LogP contribution in [0.2, 0.25) is 0 Å². The van der Waals surface area contributed by atoms with Crippen molar-refractivity contribution in [1.82, 2.24) is 4.90 Å². The molecule has 3 aromatic carbocycles. The number of hydrogen-bond acceptors (Lipinski definition) is 1. The Labute approximate surface area is 156 Å². The van der Waals surface area contributed by atoms with Crippen LogP contribution in [0.1, 0.15) is 41.7 Å². The van der Waals surface area contributed by atoms with Gasteiger partial charge in [-0.3, -0.25) is 4.90 Å². The van der Waals surface area contributed by atoms with Crippen molar-refractivity contribution in [1.29, 1.82) is 0 Å². The summed E-state index contributed by atoms with van der Waals surface area (Å²) in [6, 6.07) is 20.8. The summed E-state index contributed by atoms with van der Waals surface area (Å²) in [5, 5.41) is 0. The Hall–Kier alpha value is -2.38. The van der Waals surface area contributed by atoms with Crippen molar-refractivity contribution in [3.63, 3.8) is 0 Å². The van der Waals surface area contributed by atoms with E-state index in [2.05, 4.69) is 73.3 Å². The predicted octanol–water partition coefficient (Wildman–Crippen LogP) is 5.67. The van der Waals surface area contributed by atoms with E-state index in [1.54, 1.807) is 5.56 Å². The molecule has 3 aromatic rings. The third-order valence-corrected chi connectivity index (χ3v) is 6.19. The van der Waals surface area contributed by atoms with E-state index in [4.69, 9.17) is 0 Å². The molecule has 0 heterocycles. The van der Waals surface area contributed by atoms with Crippen LogP contribution in [0.15, 0.2) is 54.6 Å². The minimum atomic E-state index is 1.06. The molecule has 0 aliphatic heterocycles. The van der Waals surface area contributed by atoms with Gasteiger partial charge in [0.2, 0.25) is 0 Å². The minimum Gasteiger partial charge on any atom is -0.300 e. The van der Waals surface area contributed by atoms with Gasteiger partial charge in [0.05, 0.1) is 0 Å². The Balaban J connectivity index is 1.56. The lowest BCUT2D eigenvalue weighted by Gasteiger charge is -2.18. The lowest BCUT2D eigenvalue weighted by molar-refractivity contribution is 0.296. The van der Waals surface area contributed by atoms with Crippen molar-refractivity contribution >= 4 is 0 Å². The van der Waals surface area contributed by atoms with E-state index in [1.807, 2.05) is 0 Å². The highest BCUT2D eigenvalue weighted by Gasteiger charge is 2.28. The largest absolute Gasteiger partial charge is 0.300 e. The van der Waals surface area contributed by atoms with Gasteiger partial charge in [0.15, 0.2) is 0 Å². The second-order valence-electron chi connectivity index (χ2n) is 7.59. The topological polar surface area (TPSA) is 3.24 Å². The molecule has 5 rings (SSSR count). The molecule has 26 heavy (non-hydrogen) atoms. The molecule has 0 spiro atoms. The zero-order valence-corrected chi connectivity index (χ0v) is 15.7. The first kappa shape index (κ1) is 15.8. The summed E-state index contributed by atoms with van der Waals surface area (Å²) in [4.78, 5) is 2.48. The average molecular weight is 339 g/mol. The SMILES string of the molecule is CCN(CC)Cc1ccc2c(c1)Cc1ccc3c(c1-2)Cc1ccccc1-3. The summed E-state index contributed by atoms with van der Waals surface area (Å²) in [7, 11) is 0. The molecule has 0 radical (unpaired) electrons. The van der Waals surface area contributed by atoms with Crippen molar-refractivity contribution < 1.29 is 0 Å². The van der Waals surface area contributed by atoms with Gasteiger partial charge in [0.1, 0.15) is 0 Å².